The van der Waals surface area contributed by atoms with Gasteiger partial charge in [-0.25, -0.2) is 0 Å². The Labute approximate surface area is 162 Å². The van der Waals surface area contributed by atoms with E-state index in [0.29, 0.717) is 5.92 Å². The van der Waals surface area contributed by atoms with Crippen LogP contribution in [0.25, 0.3) is 0 Å². The Morgan fingerprint density at radius 2 is 1.78 bits per heavy atom. The Hall–Kier alpha value is -2.40. The predicted molar refractivity (Wildman–Crippen MR) is 113 cm³/mol. The molecule has 0 amide bonds. The lowest BCUT2D eigenvalue weighted by Crippen LogP contribution is -2.36. The number of rotatable bonds is 8. The third kappa shape index (κ3) is 5.54. The Kier molecular flexibility index (Phi) is 6.82. The number of nitrogens with zero attached hydrogens (tertiary/aromatic N) is 1. The Morgan fingerprint density at radius 1 is 1.04 bits per heavy atom. The number of nitrogens with one attached hydrogen (secondary N) is 2. The molecule has 1 aliphatic rings. The van der Waals surface area contributed by atoms with Crippen LogP contribution in [0.2, 0.25) is 0 Å². The van der Waals surface area contributed by atoms with Crippen LogP contribution < -0.4 is 20.3 Å². The highest BCUT2D eigenvalue weighted by Crippen LogP contribution is 2.28. The largest absolute Gasteiger partial charge is 0.493 e. The van der Waals surface area contributed by atoms with E-state index in [1.54, 1.807) is 0 Å². The number of hydrogen-bond donors (Lipinski definition) is 2. The van der Waals surface area contributed by atoms with Crippen molar-refractivity contribution >= 4 is 17.1 Å². The minimum atomic E-state index is 0.532. The molecule has 0 bridgehead atoms. The van der Waals surface area contributed by atoms with Crippen LogP contribution >= 0.6 is 0 Å². The Morgan fingerprint density at radius 3 is 2.44 bits per heavy atom. The van der Waals surface area contributed by atoms with Crippen molar-refractivity contribution in [1.29, 1.82) is 0 Å². The molecule has 5 heteroatoms. The first-order chi connectivity index (χ1) is 13.2. The van der Waals surface area contributed by atoms with Crippen LogP contribution in [-0.2, 0) is 11.3 Å². The summed E-state index contributed by atoms with van der Waals surface area (Å²) in [4.78, 5) is 2.37. The standard InChI is InChI=1S/C22H31N3O2/c1-17(2)16-27-20-7-4-18(5-8-20)15-24-22-14-19(6-9-21(22)23-3)25-10-12-26-13-11-25/h4-9,14,17,23-24H,10-13,15-16H2,1-3H3. The summed E-state index contributed by atoms with van der Waals surface area (Å²) in [6, 6.07) is 14.8. The summed E-state index contributed by atoms with van der Waals surface area (Å²) in [5.74, 6) is 1.46. The molecule has 0 saturated carbocycles. The van der Waals surface area contributed by atoms with E-state index in [2.05, 4.69) is 59.7 Å². The quantitative estimate of drug-likeness (QED) is 0.730. The van der Waals surface area contributed by atoms with Crippen molar-refractivity contribution in [2.24, 2.45) is 5.92 Å². The molecule has 27 heavy (non-hydrogen) atoms. The van der Waals surface area contributed by atoms with Gasteiger partial charge in [-0.3, -0.25) is 0 Å². The zero-order valence-corrected chi connectivity index (χ0v) is 16.6. The normalized spacial score (nSPS) is 14.3. The van der Waals surface area contributed by atoms with Crippen molar-refractivity contribution < 1.29 is 9.47 Å². The summed E-state index contributed by atoms with van der Waals surface area (Å²) in [6.07, 6.45) is 0. The van der Waals surface area contributed by atoms with Gasteiger partial charge in [-0.1, -0.05) is 26.0 Å². The zero-order valence-electron chi connectivity index (χ0n) is 16.6. The van der Waals surface area contributed by atoms with Crippen LogP contribution in [-0.4, -0.2) is 40.0 Å². The molecule has 3 rings (SSSR count). The molecule has 1 aliphatic heterocycles. The van der Waals surface area contributed by atoms with Crippen LogP contribution in [0.5, 0.6) is 5.75 Å². The number of morpholine rings is 1. The van der Waals surface area contributed by atoms with Crippen molar-refractivity contribution in [2.75, 3.05) is 55.5 Å². The molecule has 0 atom stereocenters. The van der Waals surface area contributed by atoms with Crippen LogP contribution in [0.4, 0.5) is 17.1 Å². The summed E-state index contributed by atoms with van der Waals surface area (Å²) in [5.41, 5.74) is 4.67. The summed E-state index contributed by atoms with van der Waals surface area (Å²) in [5, 5.41) is 6.84. The summed E-state index contributed by atoms with van der Waals surface area (Å²) >= 11 is 0. The van der Waals surface area contributed by atoms with Crippen LogP contribution in [0.15, 0.2) is 42.5 Å². The summed E-state index contributed by atoms with van der Waals surface area (Å²) in [7, 11) is 1.95. The van der Waals surface area contributed by atoms with E-state index < -0.39 is 0 Å². The molecule has 0 spiro atoms. The smallest absolute Gasteiger partial charge is 0.119 e. The van der Waals surface area contributed by atoms with Gasteiger partial charge in [0, 0.05) is 32.4 Å². The van der Waals surface area contributed by atoms with E-state index in [4.69, 9.17) is 9.47 Å². The van der Waals surface area contributed by atoms with Gasteiger partial charge >= 0.3 is 0 Å². The topological polar surface area (TPSA) is 45.8 Å². The maximum atomic E-state index is 5.76. The van der Waals surface area contributed by atoms with Crippen molar-refractivity contribution in [2.45, 2.75) is 20.4 Å². The molecule has 146 valence electrons. The van der Waals surface area contributed by atoms with Gasteiger partial charge in [0.05, 0.1) is 31.2 Å². The molecule has 5 nitrogen and oxygen atoms in total. The van der Waals surface area contributed by atoms with Gasteiger partial charge in [0.25, 0.3) is 0 Å². The van der Waals surface area contributed by atoms with Gasteiger partial charge in [-0.05, 0) is 41.8 Å². The van der Waals surface area contributed by atoms with Gasteiger partial charge in [0.15, 0.2) is 0 Å². The van der Waals surface area contributed by atoms with Gasteiger partial charge in [-0.15, -0.1) is 0 Å². The first-order valence-corrected chi connectivity index (χ1v) is 9.76. The third-order valence-electron chi connectivity index (χ3n) is 4.64. The van der Waals surface area contributed by atoms with Gasteiger partial charge in [0.1, 0.15) is 5.75 Å². The highest BCUT2D eigenvalue weighted by molar-refractivity contribution is 5.74. The Bertz CT molecular complexity index is 710. The average Bonchev–Trinajstić information content (AvgIpc) is 2.72. The molecule has 0 unspecified atom stereocenters. The monoisotopic (exact) mass is 369 g/mol. The number of anilines is 3. The fraction of sp³-hybridized carbons (Fsp3) is 0.455. The fourth-order valence-corrected chi connectivity index (χ4v) is 3.08. The summed E-state index contributed by atoms with van der Waals surface area (Å²) in [6.45, 7) is 9.30. The number of ether oxygens (including phenoxy) is 2. The maximum Gasteiger partial charge on any atom is 0.119 e. The van der Waals surface area contributed by atoms with Crippen LogP contribution in [0.3, 0.4) is 0 Å². The highest BCUT2D eigenvalue weighted by atomic mass is 16.5. The van der Waals surface area contributed by atoms with E-state index >= 15 is 0 Å². The van der Waals surface area contributed by atoms with Crippen molar-refractivity contribution in [1.82, 2.24) is 0 Å². The molecule has 2 N–H and O–H groups in total. The highest BCUT2D eigenvalue weighted by Gasteiger charge is 2.13. The van der Waals surface area contributed by atoms with E-state index in [1.165, 1.54) is 11.3 Å². The van der Waals surface area contributed by atoms with E-state index in [1.807, 2.05) is 19.2 Å². The van der Waals surface area contributed by atoms with E-state index in [9.17, 15) is 0 Å². The first kappa shape index (κ1) is 19.4. The Balaban J connectivity index is 1.63. The maximum absolute atomic E-state index is 5.76. The lowest BCUT2D eigenvalue weighted by atomic mass is 10.1. The van der Waals surface area contributed by atoms with Gasteiger partial charge in [0.2, 0.25) is 0 Å². The van der Waals surface area contributed by atoms with Gasteiger partial charge < -0.3 is 25.0 Å². The molecule has 1 fully saturated rings. The zero-order chi connectivity index (χ0) is 19.1. The molecule has 1 heterocycles. The molecule has 2 aromatic carbocycles. The average molecular weight is 370 g/mol. The molecule has 0 aliphatic carbocycles. The second kappa shape index (κ2) is 9.51. The third-order valence-corrected chi connectivity index (χ3v) is 4.64. The van der Waals surface area contributed by atoms with Crippen molar-refractivity contribution in [3.8, 4) is 5.75 Å². The lowest BCUT2D eigenvalue weighted by molar-refractivity contribution is 0.122. The molecular formula is C22H31N3O2. The number of benzene rings is 2. The minimum absolute atomic E-state index is 0.532. The predicted octanol–water partition coefficient (Wildman–Crippen LogP) is 4.21. The van der Waals surface area contributed by atoms with Gasteiger partial charge in [-0.2, -0.15) is 0 Å². The molecule has 0 aromatic heterocycles. The summed E-state index contributed by atoms with van der Waals surface area (Å²) < 4.78 is 11.2. The first-order valence-electron chi connectivity index (χ1n) is 9.76. The number of hydrogen-bond acceptors (Lipinski definition) is 5. The second-order valence-corrected chi connectivity index (χ2v) is 7.28. The minimum Gasteiger partial charge on any atom is -0.493 e. The van der Waals surface area contributed by atoms with Crippen molar-refractivity contribution in [3.63, 3.8) is 0 Å². The SMILES string of the molecule is CNc1ccc(N2CCOCC2)cc1NCc1ccc(OCC(C)C)cc1. The fourth-order valence-electron chi connectivity index (χ4n) is 3.08. The molecule has 0 radical (unpaired) electrons. The van der Waals surface area contributed by atoms with Crippen LogP contribution in [0, 0.1) is 5.92 Å². The second-order valence-electron chi connectivity index (χ2n) is 7.28. The lowest BCUT2D eigenvalue weighted by Gasteiger charge is -2.29. The van der Waals surface area contributed by atoms with Crippen LogP contribution in [0.1, 0.15) is 19.4 Å². The van der Waals surface area contributed by atoms with E-state index in [-0.39, 0.29) is 0 Å². The van der Waals surface area contributed by atoms with Crippen molar-refractivity contribution in [3.05, 3.63) is 48.0 Å². The molecule has 1 saturated heterocycles. The molecule has 2 aromatic rings. The molecular weight excluding hydrogens is 338 g/mol. The van der Waals surface area contributed by atoms with E-state index in [0.717, 1.165) is 56.6 Å².